The van der Waals surface area contributed by atoms with Crippen LogP contribution in [0, 0.1) is 13.8 Å². The van der Waals surface area contributed by atoms with Gasteiger partial charge in [0.1, 0.15) is 17.4 Å². The fraction of sp³-hybridized carbons (Fsp3) is 0.235. The molecule has 0 aliphatic heterocycles. The quantitative estimate of drug-likeness (QED) is 0.565. The van der Waals surface area contributed by atoms with Gasteiger partial charge in [0.05, 0.1) is 24.6 Å². The van der Waals surface area contributed by atoms with Gasteiger partial charge in [-0.25, -0.2) is 9.67 Å². The van der Waals surface area contributed by atoms with Gasteiger partial charge in [0.2, 0.25) is 0 Å². The van der Waals surface area contributed by atoms with E-state index in [0.717, 1.165) is 16.8 Å². The van der Waals surface area contributed by atoms with Gasteiger partial charge in [0, 0.05) is 7.05 Å². The lowest BCUT2D eigenvalue weighted by Crippen LogP contribution is -2.21. The van der Waals surface area contributed by atoms with E-state index < -0.39 is 0 Å². The second-order valence-corrected chi connectivity index (χ2v) is 6.14. The summed E-state index contributed by atoms with van der Waals surface area (Å²) in [5, 5.41) is 13.1. The molecule has 0 aliphatic carbocycles. The Hall–Kier alpha value is -3.29. The van der Waals surface area contributed by atoms with Crippen LogP contribution in [0.5, 0.6) is 0 Å². The molecule has 0 saturated heterocycles. The smallest absolute Gasteiger partial charge is 0.264 e. The summed E-state index contributed by atoms with van der Waals surface area (Å²) in [7, 11) is 1.74. The molecule has 3 aromatic heterocycles. The minimum absolute atomic E-state index is 0.147. The van der Waals surface area contributed by atoms with Crippen molar-refractivity contribution in [2.45, 2.75) is 20.4 Å². The maximum absolute atomic E-state index is 12.7. The van der Waals surface area contributed by atoms with Crippen LogP contribution in [0.1, 0.15) is 16.8 Å². The van der Waals surface area contributed by atoms with E-state index in [0.29, 0.717) is 23.3 Å². The topological polar surface area (TPSA) is 83.4 Å². The zero-order valence-electron chi connectivity index (χ0n) is 14.2. The Morgan fingerprint density at radius 2 is 1.80 bits per heavy atom. The van der Waals surface area contributed by atoms with Crippen molar-refractivity contribution in [2.24, 2.45) is 7.05 Å². The first-order valence-electron chi connectivity index (χ1n) is 7.88. The van der Waals surface area contributed by atoms with Gasteiger partial charge in [-0.05, 0) is 37.1 Å². The van der Waals surface area contributed by atoms with E-state index in [2.05, 4.69) is 26.3 Å². The number of aryl methyl sites for hydroxylation is 3. The summed E-state index contributed by atoms with van der Waals surface area (Å²) in [5.41, 5.74) is 4.26. The van der Waals surface area contributed by atoms with Crippen LogP contribution in [0.2, 0.25) is 0 Å². The van der Waals surface area contributed by atoms with Gasteiger partial charge in [-0.2, -0.15) is 20.1 Å². The molecule has 0 radical (unpaired) electrons. The molecule has 0 bridgehead atoms. The number of fused-ring (bicyclic) bond motifs is 1. The summed E-state index contributed by atoms with van der Waals surface area (Å²) in [4.78, 5) is 18.6. The molecule has 0 unspecified atom stereocenters. The van der Waals surface area contributed by atoms with Crippen LogP contribution in [-0.4, -0.2) is 34.3 Å². The standard InChI is InChI=1S/C17H17N7O/c1-11-4-12(2)6-14(5-11)24-16-15(8-20-24)17(25)23(10-18-16)9-13-7-19-22(3)21-13/h4-8,10H,9H2,1-3H3. The van der Waals surface area contributed by atoms with E-state index in [-0.39, 0.29) is 5.56 Å². The minimum atomic E-state index is -0.147. The SMILES string of the molecule is Cc1cc(C)cc(-n2ncc3c(=O)n(Cc4cnn(C)n4)cnc32)c1. The molecule has 4 aromatic rings. The van der Waals surface area contributed by atoms with Gasteiger partial charge in [0.25, 0.3) is 5.56 Å². The maximum Gasteiger partial charge on any atom is 0.264 e. The first-order valence-corrected chi connectivity index (χ1v) is 7.88. The highest BCUT2D eigenvalue weighted by Gasteiger charge is 2.13. The molecule has 3 heterocycles. The monoisotopic (exact) mass is 335 g/mol. The Bertz CT molecular complexity index is 1120. The van der Waals surface area contributed by atoms with Crippen molar-refractivity contribution in [1.29, 1.82) is 0 Å². The molecule has 0 amide bonds. The molecule has 8 heteroatoms. The van der Waals surface area contributed by atoms with Gasteiger partial charge in [-0.15, -0.1) is 0 Å². The lowest BCUT2D eigenvalue weighted by atomic mass is 10.1. The average molecular weight is 335 g/mol. The van der Waals surface area contributed by atoms with E-state index in [4.69, 9.17) is 0 Å². The average Bonchev–Trinajstić information content (AvgIpc) is 3.16. The van der Waals surface area contributed by atoms with Gasteiger partial charge in [0.15, 0.2) is 5.65 Å². The Balaban J connectivity index is 1.80. The van der Waals surface area contributed by atoms with Gasteiger partial charge in [-0.3, -0.25) is 9.36 Å². The van der Waals surface area contributed by atoms with Crippen molar-refractivity contribution >= 4 is 11.0 Å². The second-order valence-electron chi connectivity index (χ2n) is 6.14. The molecule has 0 saturated carbocycles. The van der Waals surface area contributed by atoms with E-state index in [1.54, 1.807) is 24.1 Å². The zero-order valence-corrected chi connectivity index (χ0v) is 14.2. The van der Waals surface area contributed by atoms with Gasteiger partial charge >= 0.3 is 0 Å². The van der Waals surface area contributed by atoms with E-state index >= 15 is 0 Å². The van der Waals surface area contributed by atoms with Crippen molar-refractivity contribution in [3.05, 3.63) is 64.1 Å². The van der Waals surface area contributed by atoms with Crippen molar-refractivity contribution in [3.8, 4) is 5.69 Å². The van der Waals surface area contributed by atoms with E-state index in [1.165, 1.54) is 15.7 Å². The molecule has 8 nitrogen and oxygen atoms in total. The predicted octanol–water partition coefficient (Wildman–Crippen LogP) is 1.38. The van der Waals surface area contributed by atoms with Gasteiger partial charge in [-0.1, -0.05) is 6.07 Å². The number of hydrogen-bond donors (Lipinski definition) is 0. The zero-order chi connectivity index (χ0) is 17.6. The van der Waals surface area contributed by atoms with Crippen LogP contribution < -0.4 is 5.56 Å². The van der Waals surface area contributed by atoms with E-state index in [9.17, 15) is 4.79 Å². The number of benzene rings is 1. The number of aromatic nitrogens is 7. The Kier molecular flexibility index (Phi) is 3.45. The maximum atomic E-state index is 12.7. The van der Waals surface area contributed by atoms with E-state index in [1.807, 2.05) is 26.0 Å². The Morgan fingerprint density at radius 1 is 1.04 bits per heavy atom. The number of hydrogen-bond acceptors (Lipinski definition) is 5. The highest BCUT2D eigenvalue weighted by molar-refractivity contribution is 5.75. The largest absolute Gasteiger partial charge is 0.292 e. The van der Waals surface area contributed by atoms with Crippen LogP contribution in [0.3, 0.4) is 0 Å². The van der Waals surface area contributed by atoms with Gasteiger partial charge < -0.3 is 0 Å². The summed E-state index contributed by atoms with van der Waals surface area (Å²) >= 11 is 0. The summed E-state index contributed by atoms with van der Waals surface area (Å²) in [5.74, 6) is 0. The fourth-order valence-corrected chi connectivity index (χ4v) is 2.96. The lowest BCUT2D eigenvalue weighted by molar-refractivity contribution is 0.632. The fourth-order valence-electron chi connectivity index (χ4n) is 2.96. The first kappa shape index (κ1) is 15.3. The summed E-state index contributed by atoms with van der Waals surface area (Å²) in [6, 6.07) is 6.13. The Morgan fingerprint density at radius 3 is 2.48 bits per heavy atom. The highest BCUT2D eigenvalue weighted by Crippen LogP contribution is 2.17. The second kappa shape index (κ2) is 5.66. The van der Waals surface area contributed by atoms with Crippen molar-refractivity contribution in [2.75, 3.05) is 0 Å². The summed E-state index contributed by atoms with van der Waals surface area (Å²) in [6.07, 6.45) is 4.73. The minimum Gasteiger partial charge on any atom is -0.292 e. The molecule has 0 N–H and O–H groups in total. The molecule has 1 aromatic carbocycles. The van der Waals surface area contributed by atoms with Crippen LogP contribution in [-0.2, 0) is 13.6 Å². The van der Waals surface area contributed by atoms with Crippen LogP contribution >= 0.6 is 0 Å². The number of nitrogens with zero attached hydrogens (tertiary/aromatic N) is 7. The lowest BCUT2D eigenvalue weighted by Gasteiger charge is -2.07. The van der Waals surface area contributed by atoms with Crippen molar-refractivity contribution in [1.82, 2.24) is 34.3 Å². The molecule has 0 atom stereocenters. The first-order chi connectivity index (χ1) is 12.0. The molecular formula is C17H17N7O. The molecule has 126 valence electrons. The third kappa shape index (κ3) is 2.71. The van der Waals surface area contributed by atoms with Crippen molar-refractivity contribution < 1.29 is 0 Å². The molecular weight excluding hydrogens is 318 g/mol. The molecule has 0 spiro atoms. The number of rotatable bonds is 3. The third-order valence-corrected chi connectivity index (χ3v) is 3.98. The highest BCUT2D eigenvalue weighted by atomic mass is 16.1. The molecule has 0 aliphatic rings. The molecule has 4 rings (SSSR count). The van der Waals surface area contributed by atoms with Crippen LogP contribution in [0.15, 0.2) is 41.7 Å². The molecule has 0 fully saturated rings. The summed E-state index contributed by atoms with van der Waals surface area (Å²) < 4.78 is 3.21. The van der Waals surface area contributed by atoms with Crippen LogP contribution in [0.4, 0.5) is 0 Å². The molecule has 25 heavy (non-hydrogen) atoms. The van der Waals surface area contributed by atoms with Crippen LogP contribution in [0.25, 0.3) is 16.7 Å². The van der Waals surface area contributed by atoms with Crippen molar-refractivity contribution in [3.63, 3.8) is 0 Å². The Labute approximate surface area is 143 Å². The predicted molar refractivity (Wildman–Crippen MR) is 92.7 cm³/mol. The third-order valence-electron chi connectivity index (χ3n) is 3.98. The normalized spacial score (nSPS) is 11.3. The summed E-state index contributed by atoms with van der Waals surface area (Å²) in [6.45, 7) is 4.39.